The Balaban J connectivity index is 2.32. The molecular formula is C11H7F2NO4. The summed E-state index contributed by atoms with van der Waals surface area (Å²) in [4.78, 5) is 25.4. The standard InChI is InChI=1S/C11H7F2NO4/c12-5-3-6(13)10-8(4-5)18-11(14-10)7(15)1-2-9(16)17/h3-4H,1-2H2,(H,16,17). The van der Waals surface area contributed by atoms with Gasteiger partial charge >= 0.3 is 5.97 Å². The normalized spacial score (nSPS) is 10.8. The Hall–Kier alpha value is -2.31. The Morgan fingerprint density at radius 3 is 2.67 bits per heavy atom. The predicted molar refractivity (Wildman–Crippen MR) is 55.1 cm³/mol. The number of Topliss-reactive ketones (excluding diaryl/α,β-unsaturated/α-hetero) is 1. The molecule has 0 fully saturated rings. The van der Waals surface area contributed by atoms with Crippen LogP contribution in [0.15, 0.2) is 16.5 Å². The minimum atomic E-state index is -1.14. The van der Waals surface area contributed by atoms with Gasteiger partial charge in [0.25, 0.3) is 5.89 Å². The van der Waals surface area contributed by atoms with Crippen molar-refractivity contribution in [2.45, 2.75) is 12.8 Å². The van der Waals surface area contributed by atoms with Crippen LogP contribution in [-0.2, 0) is 4.79 Å². The highest BCUT2D eigenvalue weighted by atomic mass is 19.1. The lowest BCUT2D eigenvalue weighted by atomic mass is 10.2. The third-order valence-corrected chi connectivity index (χ3v) is 2.22. The Morgan fingerprint density at radius 2 is 2.00 bits per heavy atom. The van der Waals surface area contributed by atoms with E-state index in [1.807, 2.05) is 0 Å². The number of carboxylic acids is 1. The molecule has 0 atom stereocenters. The molecule has 1 heterocycles. The molecule has 0 aliphatic heterocycles. The van der Waals surface area contributed by atoms with Gasteiger partial charge in [0.1, 0.15) is 11.3 Å². The zero-order valence-electron chi connectivity index (χ0n) is 8.94. The molecule has 18 heavy (non-hydrogen) atoms. The number of carbonyl (C=O) groups is 2. The van der Waals surface area contributed by atoms with Crippen LogP contribution in [0.2, 0.25) is 0 Å². The topological polar surface area (TPSA) is 80.4 Å². The number of hydrogen-bond donors (Lipinski definition) is 1. The highest BCUT2D eigenvalue weighted by Crippen LogP contribution is 2.21. The highest BCUT2D eigenvalue weighted by molar-refractivity contribution is 5.95. The number of halogens is 2. The molecule has 7 heteroatoms. The molecule has 0 unspecified atom stereocenters. The lowest BCUT2D eigenvalue weighted by Gasteiger charge is -1.91. The summed E-state index contributed by atoms with van der Waals surface area (Å²) in [6.45, 7) is 0. The fraction of sp³-hybridized carbons (Fsp3) is 0.182. The van der Waals surface area contributed by atoms with Gasteiger partial charge in [0.2, 0.25) is 5.78 Å². The lowest BCUT2D eigenvalue weighted by molar-refractivity contribution is -0.136. The molecule has 0 saturated carbocycles. The van der Waals surface area contributed by atoms with Crippen molar-refractivity contribution < 1.29 is 27.9 Å². The summed E-state index contributed by atoms with van der Waals surface area (Å²) < 4.78 is 31.0. The number of fused-ring (bicyclic) bond motifs is 1. The molecule has 0 radical (unpaired) electrons. The Morgan fingerprint density at radius 1 is 1.28 bits per heavy atom. The third-order valence-electron chi connectivity index (χ3n) is 2.22. The summed E-state index contributed by atoms with van der Waals surface area (Å²) in [7, 11) is 0. The maximum atomic E-state index is 13.3. The maximum absolute atomic E-state index is 13.3. The number of carboxylic acid groups (broad SMARTS) is 1. The van der Waals surface area contributed by atoms with E-state index in [9.17, 15) is 18.4 Å². The number of carbonyl (C=O) groups excluding carboxylic acids is 1. The van der Waals surface area contributed by atoms with Crippen molar-refractivity contribution in [3.63, 3.8) is 0 Å². The Kier molecular flexibility index (Phi) is 3.05. The van der Waals surface area contributed by atoms with Crippen LogP contribution in [0.25, 0.3) is 11.1 Å². The molecule has 0 aliphatic carbocycles. The summed E-state index contributed by atoms with van der Waals surface area (Å²) in [6, 6.07) is 1.52. The molecule has 1 aromatic heterocycles. The average molecular weight is 255 g/mol. The zero-order valence-corrected chi connectivity index (χ0v) is 8.94. The molecule has 0 saturated heterocycles. The first-order valence-corrected chi connectivity index (χ1v) is 4.98. The molecule has 2 aromatic rings. The summed E-state index contributed by atoms with van der Waals surface area (Å²) in [6.07, 6.45) is -0.694. The smallest absolute Gasteiger partial charge is 0.303 e. The quantitative estimate of drug-likeness (QED) is 0.846. The second-order valence-corrected chi connectivity index (χ2v) is 3.57. The minimum Gasteiger partial charge on any atom is -0.481 e. The molecule has 5 nitrogen and oxygen atoms in total. The van der Waals surface area contributed by atoms with Gasteiger partial charge in [-0.15, -0.1) is 0 Å². The fourth-order valence-electron chi connectivity index (χ4n) is 1.40. The van der Waals surface area contributed by atoms with E-state index in [0.29, 0.717) is 6.07 Å². The second kappa shape index (κ2) is 4.52. The van der Waals surface area contributed by atoms with Crippen molar-refractivity contribution >= 4 is 22.9 Å². The lowest BCUT2D eigenvalue weighted by Crippen LogP contribution is -2.03. The van der Waals surface area contributed by atoms with Gasteiger partial charge in [0.15, 0.2) is 11.4 Å². The first-order valence-electron chi connectivity index (χ1n) is 4.98. The second-order valence-electron chi connectivity index (χ2n) is 3.57. The van der Waals surface area contributed by atoms with Crippen LogP contribution in [0.4, 0.5) is 8.78 Å². The largest absolute Gasteiger partial charge is 0.481 e. The zero-order chi connectivity index (χ0) is 13.3. The van der Waals surface area contributed by atoms with Crippen LogP contribution in [-0.4, -0.2) is 21.8 Å². The van der Waals surface area contributed by atoms with E-state index >= 15 is 0 Å². The Labute approximate surface area is 99.0 Å². The SMILES string of the molecule is O=C(O)CCC(=O)c1nc2c(F)cc(F)cc2o1. The number of oxazole rings is 1. The van der Waals surface area contributed by atoms with Crippen molar-refractivity contribution in [1.82, 2.24) is 4.98 Å². The fourth-order valence-corrected chi connectivity index (χ4v) is 1.40. The number of rotatable bonds is 4. The van der Waals surface area contributed by atoms with Crippen molar-refractivity contribution in [3.05, 3.63) is 29.7 Å². The van der Waals surface area contributed by atoms with E-state index in [1.54, 1.807) is 0 Å². The number of ketones is 1. The van der Waals surface area contributed by atoms with E-state index in [0.717, 1.165) is 6.07 Å². The molecule has 0 spiro atoms. The van der Waals surface area contributed by atoms with Gasteiger partial charge in [0, 0.05) is 18.6 Å². The third kappa shape index (κ3) is 2.34. The van der Waals surface area contributed by atoms with Crippen LogP contribution in [0.5, 0.6) is 0 Å². The first kappa shape index (κ1) is 12.2. The molecule has 1 N–H and O–H groups in total. The summed E-state index contributed by atoms with van der Waals surface area (Å²) in [5.74, 6) is -4.02. The molecule has 0 aliphatic rings. The Bertz CT molecular complexity index is 635. The number of nitrogens with zero attached hydrogens (tertiary/aromatic N) is 1. The van der Waals surface area contributed by atoms with Gasteiger partial charge in [-0.3, -0.25) is 9.59 Å². The van der Waals surface area contributed by atoms with E-state index in [4.69, 9.17) is 9.52 Å². The van der Waals surface area contributed by atoms with Gasteiger partial charge in [-0.1, -0.05) is 0 Å². The number of aromatic nitrogens is 1. The molecule has 1 aromatic carbocycles. The monoisotopic (exact) mass is 255 g/mol. The van der Waals surface area contributed by atoms with Crippen molar-refractivity contribution in [1.29, 1.82) is 0 Å². The number of aliphatic carboxylic acids is 1. The molecule has 94 valence electrons. The van der Waals surface area contributed by atoms with Gasteiger partial charge < -0.3 is 9.52 Å². The van der Waals surface area contributed by atoms with Crippen LogP contribution >= 0.6 is 0 Å². The van der Waals surface area contributed by atoms with Crippen molar-refractivity contribution in [3.8, 4) is 0 Å². The van der Waals surface area contributed by atoms with Crippen molar-refractivity contribution in [2.24, 2.45) is 0 Å². The summed E-state index contributed by atoms with van der Waals surface area (Å²) in [5.41, 5.74) is -0.443. The first-order chi connectivity index (χ1) is 8.47. The van der Waals surface area contributed by atoms with Crippen LogP contribution < -0.4 is 0 Å². The minimum absolute atomic E-state index is 0.189. The van der Waals surface area contributed by atoms with Gasteiger partial charge in [-0.05, 0) is 0 Å². The molecule has 2 rings (SSSR count). The average Bonchev–Trinajstić information content (AvgIpc) is 2.69. The van der Waals surface area contributed by atoms with Crippen LogP contribution in [0.1, 0.15) is 23.5 Å². The molecular weight excluding hydrogens is 248 g/mol. The van der Waals surface area contributed by atoms with E-state index in [2.05, 4.69) is 4.98 Å². The molecule has 0 amide bonds. The predicted octanol–water partition coefficient (Wildman–Crippen LogP) is 2.15. The number of hydrogen-bond acceptors (Lipinski definition) is 4. The summed E-state index contributed by atoms with van der Waals surface area (Å²) in [5, 5.41) is 8.42. The number of benzene rings is 1. The van der Waals surface area contributed by atoms with Crippen LogP contribution in [0, 0.1) is 11.6 Å². The van der Waals surface area contributed by atoms with Gasteiger partial charge in [-0.2, -0.15) is 0 Å². The summed E-state index contributed by atoms with van der Waals surface area (Å²) >= 11 is 0. The maximum Gasteiger partial charge on any atom is 0.303 e. The highest BCUT2D eigenvalue weighted by Gasteiger charge is 2.18. The van der Waals surface area contributed by atoms with Gasteiger partial charge in [0.05, 0.1) is 6.42 Å². The van der Waals surface area contributed by atoms with Gasteiger partial charge in [-0.25, -0.2) is 13.8 Å². The van der Waals surface area contributed by atoms with Crippen LogP contribution in [0.3, 0.4) is 0 Å². The van der Waals surface area contributed by atoms with E-state index in [-0.39, 0.29) is 23.9 Å². The van der Waals surface area contributed by atoms with E-state index in [1.165, 1.54) is 0 Å². The van der Waals surface area contributed by atoms with E-state index < -0.39 is 29.3 Å². The molecule has 0 bridgehead atoms. The van der Waals surface area contributed by atoms with Crippen molar-refractivity contribution in [2.75, 3.05) is 0 Å².